The van der Waals surface area contributed by atoms with Gasteiger partial charge in [-0.05, 0) is 29.8 Å². The highest BCUT2D eigenvalue weighted by atomic mass is 19.4. The molecule has 0 saturated carbocycles. The summed E-state index contributed by atoms with van der Waals surface area (Å²) in [6.07, 6.45) is 0.492. The van der Waals surface area contributed by atoms with Gasteiger partial charge in [0.1, 0.15) is 17.2 Å². The molecule has 2 aromatic heterocycles. The van der Waals surface area contributed by atoms with Gasteiger partial charge in [-0.15, -0.1) is 0 Å². The molecule has 4 heterocycles. The van der Waals surface area contributed by atoms with Crippen LogP contribution in [-0.2, 0) is 33.0 Å². The number of benzene rings is 1. The summed E-state index contributed by atoms with van der Waals surface area (Å²) in [5, 5.41) is 10.1. The van der Waals surface area contributed by atoms with E-state index in [1.54, 1.807) is 30.3 Å². The van der Waals surface area contributed by atoms with Crippen LogP contribution in [0.2, 0.25) is 0 Å². The molecule has 214 valence electrons. The van der Waals surface area contributed by atoms with Crippen molar-refractivity contribution in [3.05, 3.63) is 72.2 Å². The number of hydrogen-bond acceptors (Lipinski definition) is 7. The highest BCUT2D eigenvalue weighted by Crippen LogP contribution is 2.40. The Balaban J connectivity index is 0.000000470. The van der Waals surface area contributed by atoms with Crippen LogP contribution in [0.5, 0.6) is 5.75 Å². The van der Waals surface area contributed by atoms with E-state index >= 15 is 0 Å². The zero-order valence-corrected chi connectivity index (χ0v) is 21.4. The van der Waals surface area contributed by atoms with Crippen LogP contribution < -0.4 is 10.1 Å². The average molecular weight is 565 g/mol. The molecule has 1 aromatic carbocycles. The number of hydrogen-bond donors (Lipinski definition) is 2. The highest BCUT2D eigenvalue weighted by Gasteiger charge is 2.47. The van der Waals surface area contributed by atoms with E-state index in [0.29, 0.717) is 44.8 Å². The Hall–Kier alpha value is -4.33. The number of amides is 2. The van der Waals surface area contributed by atoms with Crippen molar-refractivity contribution in [2.24, 2.45) is 0 Å². The number of carboxylic acids is 1. The molecule has 2 amide bonds. The van der Waals surface area contributed by atoms with Crippen LogP contribution in [0.1, 0.15) is 34.8 Å². The molecule has 14 heteroatoms. The van der Waals surface area contributed by atoms with Crippen molar-refractivity contribution in [2.75, 3.05) is 20.2 Å². The molecule has 0 radical (unpaired) electrons. The zero-order chi connectivity index (χ0) is 28.9. The third-order valence-electron chi connectivity index (χ3n) is 6.60. The van der Waals surface area contributed by atoms with Crippen LogP contribution in [-0.4, -0.2) is 69.8 Å². The van der Waals surface area contributed by atoms with Gasteiger partial charge < -0.3 is 33.8 Å². The number of carbonyl (C=O) groups is 3. The van der Waals surface area contributed by atoms with E-state index in [2.05, 4.69) is 10.3 Å². The summed E-state index contributed by atoms with van der Waals surface area (Å²) in [7, 11) is 1.62. The Labute approximate surface area is 226 Å². The molecule has 2 aliphatic heterocycles. The molecule has 40 heavy (non-hydrogen) atoms. The normalized spacial score (nSPS) is 17.8. The maximum atomic E-state index is 13.0. The number of aliphatic carboxylic acids is 1. The van der Waals surface area contributed by atoms with Gasteiger partial charge in [0, 0.05) is 44.9 Å². The smallest absolute Gasteiger partial charge is 0.490 e. The standard InChI is InChI=1S/C24H26N4O5.C2HF3O2/c1-31-18-6-4-17(5-7-18)15-26-21(29)20-16-28-13-10-25-23(28)24(33-20)8-11-27(12-9-24)22(30)19-3-2-14-32-19;3-2(4,5)1(6)7/h2-7,10,13-14,20H,8-9,11-12,15-16H2,1H3,(H,26,29);(H,6,7). The quantitative estimate of drug-likeness (QED) is 0.483. The zero-order valence-electron chi connectivity index (χ0n) is 21.4. The Morgan fingerprint density at radius 3 is 2.42 bits per heavy atom. The van der Waals surface area contributed by atoms with Crippen LogP contribution >= 0.6 is 0 Å². The predicted molar refractivity (Wildman–Crippen MR) is 131 cm³/mol. The summed E-state index contributed by atoms with van der Waals surface area (Å²) >= 11 is 0. The molecule has 3 aromatic rings. The number of aromatic nitrogens is 2. The third-order valence-corrected chi connectivity index (χ3v) is 6.60. The second-order valence-electron chi connectivity index (χ2n) is 9.14. The van der Waals surface area contributed by atoms with Crippen LogP contribution in [0.25, 0.3) is 0 Å². The van der Waals surface area contributed by atoms with Gasteiger partial charge in [-0.25, -0.2) is 9.78 Å². The van der Waals surface area contributed by atoms with E-state index in [-0.39, 0.29) is 11.8 Å². The van der Waals surface area contributed by atoms with Crippen LogP contribution in [0.4, 0.5) is 13.2 Å². The third kappa shape index (κ3) is 6.45. The lowest BCUT2D eigenvalue weighted by molar-refractivity contribution is -0.192. The van der Waals surface area contributed by atoms with E-state index in [0.717, 1.165) is 17.1 Å². The molecule has 0 aliphatic carbocycles. The summed E-state index contributed by atoms with van der Waals surface area (Å²) in [4.78, 5) is 40.9. The Kier molecular flexibility index (Phi) is 8.47. The first-order valence-corrected chi connectivity index (χ1v) is 12.3. The van der Waals surface area contributed by atoms with Crippen molar-refractivity contribution in [2.45, 2.75) is 43.8 Å². The lowest BCUT2D eigenvalue weighted by Gasteiger charge is -2.45. The fraction of sp³-hybridized carbons (Fsp3) is 0.385. The first-order chi connectivity index (χ1) is 19.0. The number of ether oxygens (including phenoxy) is 2. The van der Waals surface area contributed by atoms with Crippen molar-refractivity contribution in [1.82, 2.24) is 19.8 Å². The maximum absolute atomic E-state index is 13.0. The number of carboxylic acid groups (broad SMARTS) is 1. The summed E-state index contributed by atoms with van der Waals surface area (Å²) < 4.78 is 50.6. The lowest BCUT2D eigenvalue weighted by Crippen LogP contribution is -2.54. The van der Waals surface area contributed by atoms with Gasteiger partial charge in [0.05, 0.1) is 19.9 Å². The van der Waals surface area contributed by atoms with Crippen molar-refractivity contribution in [3.8, 4) is 5.75 Å². The lowest BCUT2D eigenvalue weighted by atomic mass is 9.88. The molecule has 1 unspecified atom stereocenters. The first kappa shape index (κ1) is 28.7. The second-order valence-corrected chi connectivity index (χ2v) is 9.14. The van der Waals surface area contributed by atoms with E-state index in [9.17, 15) is 22.8 Å². The Morgan fingerprint density at radius 2 is 1.85 bits per heavy atom. The number of furan rings is 1. The van der Waals surface area contributed by atoms with Crippen molar-refractivity contribution in [1.29, 1.82) is 0 Å². The van der Waals surface area contributed by atoms with Crippen molar-refractivity contribution in [3.63, 3.8) is 0 Å². The number of imidazole rings is 1. The highest BCUT2D eigenvalue weighted by molar-refractivity contribution is 5.91. The monoisotopic (exact) mass is 564 g/mol. The minimum Gasteiger partial charge on any atom is -0.497 e. The number of alkyl halides is 3. The number of methoxy groups -OCH3 is 1. The van der Waals surface area contributed by atoms with E-state index in [1.807, 2.05) is 35.0 Å². The molecule has 11 nitrogen and oxygen atoms in total. The topological polar surface area (TPSA) is 136 Å². The van der Waals surface area contributed by atoms with Crippen molar-refractivity contribution >= 4 is 17.8 Å². The Bertz CT molecular complexity index is 1310. The maximum Gasteiger partial charge on any atom is 0.490 e. The molecule has 1 saturated heterocycles. The average Bonchev–Trinajstić information content (AvgIpc) is 3.65. The molecule has 1 atom stereocenters. The molecule has 1 spiro atoms. The van der Waals surface area contributed by atoms with Gasteiger partial charge in [0.25, 0.3) is 11.8 Å². The van der Waals surface area contributed by atoms with E-state index in [1.165, 1.54) is 6.26 Å². The fourth-order valence-electron chi connectivity index (χ4n) is 4.55. The molecule has 5 rings (SSSR count). The number of nitrogens with one attached hydrogen (secondary N) is 1. The number of halogens is 3. The number of carbonyl (C=O) groups excluding carboxylic acids is 2. The molecule has 0 bridgehead atoms. The van der Waals surface area contributed by atoms with Crippen LogP contribution in [0.15, 0.2) is 59.5 Å². The second kappa shape index (κ2) is 11.8. The number of nitrogens with zero attached hydrogens (tertiary/aromatic N) is 3. The summed E-state index contributed by atoms with van der Waals surface area (Å²) in [6, 6.07) is 10.9. The van der Waals surface area contributed by atoms with E-state index in [4.69, 9.17) is 23.8 Å². The number of piperidine rings is 1. The molecular weight excluding hydrogens is 537 g/mol. The SMILES string of the molecule is COc1ccc(CNC(=O)C2Cn3ccnc3C3(CCN(C(=O)c4ccco4)CC3)O2)cc1.O=C(O)C(F)(F)F. The van der Waals surface area contributed by atoms with Gasteiger partial charge in [-0.3, -0.25) is 9.59 Å². The minimum absolute atomic E-state index is 0.136. The van der Waals surface area contributed by atoms with Gasteiger partial charge in [-0.2, -0.15) is 13.2 Å². The predicted octanol–water partition coefficient (Wildman–Crippen LogP) is 2.96. The van der Waals surface area contributed by atoms with Gasteiger partial charge in [-0.1, -0.05) is 12.1 Å². The molecule has 2 N–H and O–H groups in total. The van der Waals surface area contributed by atoms with E-state index < -0.39 is 23.9 Å². The van der Waals surface area contributed by atoms with Gasteiger partial charge in [0.15, 0.2) is 11.9 Å². The Morgan fingerprint density at radius 1 is 1.18 bits per heavy atom. The fourth-order valence-corrected chi connectivity index (χ4v) is 4.55. The number of likely N-dealkylation sites (tertiary alicyclic amines) is 1. The van der Waals surface area contributed by atoms with Gasteiger partial charge >= 0.3 is 12.1 Å². The first-order valence-electron chi connectivity index (χ1n) is 12.3. The van der Waals surface area contributed by atoms with Crippen LogP contribution in [0, 0.1) is 0 Å². The summed E-state index contributed by atoms with van der Waals surface area (Å²) in [6.45, 7) is 1.79. The molecule has 1 fully saturated rings. The molecule has 2 aliphatic rings. The number of rotatable bonds is 5. The van der Waals surface area contributed by atoms with Crippen LogP contribution in [0.3, 0.4) is 0 Å². The summed E-state index contributed by atoms with van der Waals surface area (Å²) in [5.41, 5.74) is 0.270. The summed E-state index contributed by atoms with van der Waals surface area (Å²) in [5.74, 6) is -1.15. The largest absolute Gasteiger partial charge is 0.497 e. The number of fused-ring (bicyclic) bond motifs is 2. The molecular formula is C26H27F3N4O7. The van der Waals surface area contributed by atoms with Gasteiger partial charge in [0.2, 0.25) is 0 Å². The minimum atomic E-state index is -5.08. The van der Waals surface area contributed by atoms with Crippen molar-refractivity contribution < 1.29 is 46.6 Å².